The van der Waals surface area contributed by atoms with Crippen LogP contribution < -0.4 is 5.73 Å². The SMILES string of the molecule is CCC(N)C(O)(c1ccc2ccccc2c1)C(F)(F)F. The van der Waals surface area contributed by atoms with E-state index in [0.717, 1.165) is 5.39 Å². The molecule has 0 spiro atoms. The van der Waals surface area contributed by atoms with Crippen LogP contribution in [-0.4, -0.2) is 17.3 Å². The fourth-order valence-corrected chi connectivity index (χ4v) is 2.31. The standard InChI is InChI=1S/C15H16F3NO/c1-2-13(19)14(20,15(16,17)18)12-8-7-10-5-3-4-6-11(10)9-12/h3-9,13,20H,2,19H2,1H3. The topological polar surface area (TPSA) is 46.2 Å². The fourth-order valence-electron chi connectivity index (χ4n) is 2.31. The van der Waals surface area contributed by atoms with Crippen LogP contribution in [0.25, 0.3) is 10.8 Å². The number of hydrogen-bond acceptors (Lipinski definition) is 2. The molecule has 5 heteroatoms. The van der Waals surface area contributed by atoms with E-state index in [2.05, 4.69) is 0 Å². The summed E-state index contributed by atoms with van der Waals surface area (Å²) in [5.74, 6) is 0. The Kier molecular flexibility index (Phi) is 3.75. The lowest BCUT2D eigenvalue weighted by Gasteiger charge is -2.35. The van der Waals surface area contributed by atoms with E-state index in [1.54, 1.807) is 30.3 Å². The van der Waals surface area contributed by atoms with Crippen molar-refractivity contribution in [3.63, 3.8) is 0 Å². The highest BCUT2D eigenvalue weighted by atomic mass is 19.4. The lowest BCUT2D eigenvalue weighted by atomic mass is 9.84. The van der Waals surface area contributed by atoms with E-state index in [9.17, 15) is 18.3 Å². The lowest BCUT2D eigenvalue weighted by molar-refractivity contribution is -0.274. The van der Waals surface area contributed by atoms with E-state index in [1.165, 1.54) is 19.1 Å². The molecule has 2 unspecified atom stereocenters. The van der Waals surface area contributed by atoms with Gasteiger partial charge in [-0.25, -0.2) is 0 Å². The Labute approximate surface area is 115 Å². The molecule has 0 bridgehead atoms. The average molecular weight is 283 g/mol. The van der Waals surface area contributed by atoms with Gasteiger partial charge >= 0.3 is 6.18 Å². The Morgan fingerprint density at radius 2 is 1.70 bits per heavy atom. The largest absolute Gasteiger partial charge is 0.422 e. The Morgan fingerprint density at radius 1 is 1.10 bits per heavy atom. The lowest BCUT2D eigenvalue weighted by Crippen LogP contribution is -2.55. The van der Waals surface area contributed by atoms with E-state index in [4.69, 9.17) is 5.73 Å². The summed E-state index contributed by atoms with van der Waals surface area (Å²) in [5, 5.41) is 11.6. The second-order valence-electron chi connectivity index (χ2n) is 4.84. The molecular weight excluding hydrogens is 267 g/mol. The zero-order chi connectivity index (χ0) is 15.0. The number of halogens is 3. The van der Waals surface area contributed by atoms with Crippen LogP contribution in [0.1, 0.15) is 18.9 Å². The highest BCUT2D eigenvalue weighted by Gasteiger charge is 2.58. The third kappa shape index (κ3) is 2.27. The van der Waals surface area contributed by atoms with Crippen LogP contribution in [-0.2, 0) is 5.60 Å². The highest BCUT2D eigenvalue weighted by Crippen LogP contribution is 2.42. The summed E-state index contributed by atoms with van der Waals surface area (Å²) in [5.41, 5.74) is 2.28. The molecule has 0 fully saturated rings. The Morgan fingerprint density at radius 3 is 2.25 bits per heavy atom. The molecule has 2 rings (SSSR count). The summed E-state index contributed by atoms with van der Waals surface area (Å²) in [6.07, 6.45) is -4.81. The van der Waals surface area contributed by atoms with Crippen molar-refractivity contribution in [2.45, 2.75) is 31.2 Å². The number of benzene rings is 2. The van der Waals surface area contributed by atoms with E-state index in [-0.39, 0.29) is 12.0 Å². The minimum atomic E-state index is -4.83. The maximum atomic E-state index is 13.3. The minimum Gasteiger partial charge on any atom is -0.375 e. The number of aliphatic hydroxyl groups is 1. The molecule has 0 aliphatic carbocycles. The minimum absolute atomic E-state index is 0.0167. The molecule has 2 aromatic rings. The smallest absolute Gasteiger partial charge is 0.375 e. The molecule has 2 nitrogen and oxygen atoms in total. The second-order valence-corrected chi connectivity index (χ2v) is 4.84. The highest BCUT2D eigenvalue weighted by molar-refractivity contribution is 5.83. The van der Waals surface area contributed by atoms with Gasteiger partial charge in [-0.15, -0.1) is 0 Å². The van der Waals surface area contributed by atoms with E-state index in [1.807, 2.05) is 0 Å². The molecule has 0 aromatic heterocycles. The van der Waals surface area contributed by atoms with E-state index < -0.39 is 17.8 Å². The van der Waals surface area contributed by atoms with Crippen molar-refractivity contribution in [3.05, 3.63) is 48.0 Å². The van der Waals surface area contributed by atoms with Gasteiger partial charge in [0.25, 0.3) is 0 Å². The molecule has 0 aliphatic heterocycles. The number of nitrogens with two attached hydrogens (primary N) is 1. The first kappa shape index (κ1) is 14.8. The molecule has 0 saturated heterocycles. The maximum absolute atomic E-state index is 13.3. The number of alkyl halides is 3. The van der Waals surface area contributed by atoms with Gasteiger partial charge in [-0.3, -0.25) is 0 Å². The van der Waals surface area contributed by atoms with Gasteiger partial charge in [-0.05, 0) is 28.8 Å². The molecule has 3 N–H and O–H groups in total. The summed E-state index contributed by atoms with van der Waals surface area (Å²) in [7, 11) is 0. The Hall–Kier alpha value is -1.59. The van der Waals surface area contributed by atoms with Gasteiger partial charge in [-0.2, -0.15) is 13.2 Å². The van der Waals surface area contributed by atoms with Gasteiger partial charge < -0.3 is 10.8 Å². The van der Waals surface area contributed by atoms with Crippen molar-refractivity contribution >= 4 is 10.8 Å². The molecule has 0 aliphatic rings. The number of fused-ring (bicyclic) bond motifs is 1. The van der Waals surface area contributed by atoms with E-state index in [0.29, 0.717) is 5.39 Å². The number of rotatable bonds is 3. The van der Waals surface area contributed by atoms with Gasteiger partial charge in [0.05, 0.1) is 0 Å². The van der Waals surface area contributed by atoms with Gasteiger partial charge in [0.2, 0.25) is 5.60 Å². The van der Waals surface area contributed by atoms with Gasteiger partial charge in [-0.1, -0.05) is 43.3 Å². The first-order chi connectivity index (χ1) is 9.30. The Balaban J connectivity index is 2.63. The van der Waals surface area contributed by atoms with Crippen LogP contribution in [0.4, 0.5) is 13.2 Å². The maximum Gasteiger partial charge on any atom is 0.422 e. The summed E-state index contributed by atoms with van der Waals surface area (Å²) in [6, 6.07) is 9.81. The molecular formula is C15H16F3NO. The van der Waals surface area contributed by atoms with Gasteiger partial charge in [0.15, 0.2) is 0 Å². The summed E-state index contributed by atoms with van der Waals surface area (Å²) in [6.45, 7) is 1.52. The molecule has 108 valence electrons. The molecule has 0 amide bonds. The van der Waals surface area contributed by atoms with Crippen LogP contribution in [0, 0.1) is 0 Å². The van der Waals surface area contributed by atoms with Crippen molar-refractivity contribution in [1.29, 1.82) is 0 Å². The molecule has 2 atom stereocenters. The van der Waals surface area contributed by atoms with Gasteiger partial charge in [0, 0.05) is 6.04 Å². The van der Waals surface area contributed by atoms with Crippen LogP contribution in [0.2, 0.25) is 0 Å². The predicted molar refractivity (Wildman–Crippen MR) is 72.2 cm³/mol. The van der Waals surface area contributed by atoms with Crippen molar-refractivity contribution in [1.82, 2.24) is 0 Å². The fraction of sp³-hybridized carbons (Fsp3) is 0.333. The van der Waals surface area contributed by atoms with Crippen LogP contribution in [0.5, 0.6) is 0 Å². The van der Waals surface area contributed by atoms with Crippen molar-refractivity contribution in [2.75, 3.05) is 0 Å². The van der Waals surface area contributed by atoms with E-state index >= 15 is 0 Å². The van der Waals surface area contributed by atoms with Crippen LogP contribution in [0.3, 0.4) is 0 Å². The summed E-state index contributed by atoms with van der Waals surface area (Å²) < 4.78 is 39.9. The molecule has 2 aromatic carbocycles. The average Bonchev–Trinajstić information content (AvgIpc) is 2.43. The first-order valence-electron chi connectivity index (χ1n) is 6.34. The predicted octanol–water partition coefficient (Wildman–Crippen LogP) is 3.33. The van der Waals surface area contributed by atoms with Crippen LogP contribution in [0.15, 0.2) is 42.5 Å². The zero-order valence-electron chi connectivity index (χ0n) is 11.0. The first-order valence-corrected chi connectivity index (χ1v) is 6.34. The zero-order valence-corrected chi connectivity index (χ0v) is 11.0. The van der Waals surface area contributed by atoms with Crippen LogP contribution >= 0.6 is 0 Å². The van der Waals surface area contributed by atoms with Crippen molar-refractivity contribution < 1.29 is 18.3 Å². The monoisotopic (exact) mass is 283 g/mol. The molecule has 0 heterocycles. The van der Waals surface area contributed by atoms with Crippen molar-refractivity contribution in [3.8, 4) is 0 Å². The number of hydrogen-bond donors (Lipinski definition) is 2. The third-order valence-electron chi connectivity index (χ3n) is 3.60. The quantitative estimate of drug-likeness (QED) is 0.907. The molecule has 20 heavy (non-hydrogen) atoms. The molecule has 0 saturated carbocycles. The normalized spacial score (nSPS) is 16.9. The van der Waals surface area contributed by atoms with Gasteiger partial charge in [0.1, 0.15) is 0 Å². The summed E-state index contributed by atoms with van der Waals surface area (Å²) >= 11 is 0. The second kappa shape index (κ2) is 5.07. The Bertz CT molecular complexity index is 611. The molecule has 0 radical (unpaired) electrons. The summed E-state index contributed by atoms with van der Waals surface area (Å²) in [4.78, 5) is 0. The third-order valence-corrected chi connectivity index (χ3v) is 3.60. The van der Waals surface area contributed by atoms with Crippen molar-refractivity contribution in [2.24, 2.45) is 5.73 Å².